The van der Waals surface area contributed by atoms with Gasteiger partial charge in [0.2, 0.25) is 5.91 Å². The van der Waals surface area contributed by atoms with Gasteiger partial charge in [0.1, 0.15) is 12.1 Å². The second-order valence-electron chi connectivity index (χ2n) is 7.06. The van der Waals surface area contributed by atoms with E-state index in [0.717, 1.165) is 34.6 Å². The number of aryl methyl sites for hydroxylation is 1. The summed E-state index contributed by atoms with van der Waals surface area (Å²) >= 11 is 1.58. The zero-order valence-corrected chi connectivity index (χ0v) is 15.6. The van der Waals surface area contributed by atoms with E-state index in [4.69, 9.17) is 0 Å². The highest BCUT2D eigenvalue weighted by atomic mass is 32.1. The van der Waals surface area contributed by atoms with E-state index in [0.29, 0.717) is 25.3 Å². The van der Waals surface area contributed by atoms with Gasteiger partial charge in [-0.15, -0.1) is 11.3 Å². The predicted molar refractivity (Wildman–Crippen MR) is 96.1 cm³/mol. The molecule has 0 aromatic carbocycles. The van der Waals surface area contributed by atoms with Gasteiger partial charge in [0.05, 0.1) is 6.54 Å². The quantitative estimate of drug-likeness (QED) is 0.789. The molecule has 1 aromatic heterocycles. The smallest absolute Gasteiger partial charge is 0.325 e. The van der Waals surface area contributed by atoms with Gasteiger partial charge in [-0.25, -0.2) is 4.79 Å². The first-order valence-corrected chi connectivity index (χ1v) is 9.77. The number of nitrogens with one attached hydrogen (secondary N) is 2. The minimum Gasteiger partial charge on any atom is -0.350 e. The van der Waals surface area contributed by atoms with E-state index in [2.05, 4.69) is 17.6 Å². The first-order chi connectivity index (χ1) is 11.9. The zero-order valence-electron chi connectivity index (χ0n) is 14.8. The van der Waals surface area contributed by atoms with E-state index in [1.165, 1.54) is 0 Å². The number of carbonyl (C=O) groups is 3. The molecule has 3 rings (SSSR count). The zero-order chi connectivity index (χ0) is 18.0. The average molecular weight is 363 g/mol. The summed E-state index contributed by atoms with van der Waals surface area (Å²) < 4.78 is 0. The van der Waals surface area contributed by atoms with Crippen molar-refractivity contribution >= 4 is 29.2 Å². The van der Waals surface area contributed by atoms with Crippen LogP contribution in [0.15, 0.2) is 11.4 Å². The standard InChI is InChI=1S/C18H25N3O3S/c1-3-13-4-7-18(8-5-13)16(23)21(17(24)20-18)11-15(22)19-10-14-12(2)6-9-25-14/h6,9,13H,3-5,7-8,10-11H2,1-2H3,(H,19,22)(H,20,24). The number of hydrogen-bond donors (Lipinski definition) is 2. The number of amides is 4. The maximum absolute atomic E-state index is 12.8. The summed E-state index contributed by atoms with van der Waals surface area (Å²) in [6.45, 7) is 4.36. The summed E-state index contributed by atoms with van der Waals surface area (Å²) in [6, 6.07) is 1.56. The minimum atomic E-state index is -0.784. The highest BCUT2D eigenvalue weighted by Crippen LogP contribution is 2.37. The fraction of sp³-hybridized carbons (Fsp3) is 0.611. The van der Waals surface area contributed by atoms with Gasteiger partial charge in [0.25, 0.3) is 5.91 Å². The van der Waals surface area contributed by atoms with Crippen molar-refractivity contribution in [1.82, 2.24) is 15.5 Å². The number of urea groups is 1. The molecule has 6 nitrogen and oxygen atoms in total. The van der Waals surface area contributed by atoms with Crippen LogP contribution in [0.5, 0.6) is 0 Å². The lowest BCUT2D eigenvalue weighted by atomic mass is 9.75. The third kappa shape index (κ3) is 3.56. The number of rotatable bonds is 5. The predicted octanol–water partition coefficient (Wildman–Crippen LogP) is 2.56. The van der Waals surface area contributed by atoms with Gasteiger partial charge in [-0.05, 0) is 55.5 Å². The lowest BCUT2D eigenvalue weighted by Gasteiger charge is -2.34. The largest absolute Gasteiger partial charge is 0.350 e. The van der Waals surface area contributed by atoms with Crippen LogP contribution in [0, 0.1) is 12.8 Å². The molecule has 0 atom stereocenters. The Bertz CT molecular complexity index is 677. The van der Waals surface area contributed by atoms with Crippen LogP contribution < -0.4 is 10.6 Å². The van der Waals surface area contributed by atoms with Gasteiger partial charge in [0.15, 0.2) is 0 Å². The molecule has 0 unspecified atom stereocenters. The lowest BCUT2D eigenvalue weighted by Crippen LogP contribution is -2.50. The summed E-state index contributed by atoms with van der Waals surface area (Å²) in [5.41, 5.74) is 0.347. The number of nitrogens with zero attached hydrogens (tertiary/aromatic N) is 1. The summed E-state index contributed by atoms with van der Waals surface area (Å²) in [5.74, 6) is 0.0758. The number of thiophene rings is 1. The van der Waals surface area contributed by atoms with E-state index >= 15 is 0 Å². The second-order valence-corrected chi connectivity index (χ2v) is 8.06. The van der Waals surface area contributed by atoms with Crippen LogP contribution >= 0.6 is 11.3 Å². The van der Waals surface area contributed by atoms with E-state index in [9.17, 15) is 14.4 Å². The Labute approximate surface area is 152 Å². The normalized spacial score (nSPS) is 26.2. The second kappa shape index (κ2) is 7.15. The molecule has 1 spiro atoms. The molecule has 4 amide bonds. The molecule has 136 valence electrons. The molecule has 25 heavy (non-hydrogen) atoms. The first-order valence-electron chi connectivity index (χ1n) is 8.89. The Kier molecular flexibility index (Phi) is 5.13. The SMILES string of the molecule is CCC1CCC2(CC1)NC(=O)N(CC(=O)NCc1sccc1C)C2=O. The summed E-state index contributed by atoms with van der Waals surface area (Å²) in [7, 11) is 0. The Morgan fingerprint density at radius 2 is 2.12 bits per heavy atom. The third-order valence-corrected chi connectivity index (χ3v) is 6.52. The molecule has 2 N–H and O–H groups in total. The van der Waals surface area contributed by atoms with Crippen molar-refractivity contribution in [2.75, 3.05) is 6.54 Å². The first kappa shape index (κ1) is 17.9. The van der Waals surface area contributed by atoms with Crippen LogP contribution in [0.1, 0.15) is 49.5 Å². The van der Waals surface area contributed by atoms with Crippen LogP contribution in [0.25, 0.3) is 0 Å². The molecular formula is C18H25N3O3S. The molecule has 0 bridgehead atoms. The molecule has 1 aliphatic carbocycles. The molecule has 2 heterocycles. The molecule has 1 saturated heterocycles. The van der Waals surface area contributed by atoms with E-state index in [-0.39, 0.29) is 18.4 Å². The molecule has 0 radical (unpaired) electrons. The van der Waals surface area contributed by atoms with Gasteiger partial charge in [0, 0.05) is 4.88 Å². The van der Waals surface area contributed by atoms with Crippen molar-refractivity contribution in [2.24, 2.45) is 5.92 Å². The van der Waals surface area contributed by atoms with Crippen molar-refractivity contribution in [3.05, 3.63) is 21.9 Å². The topological polar surface area (TPSA) is 78.5 Å². The lowest BCUT2D eigenvalue weighted by molar-refractivity contribution is -0.136. The summed E-state index contributed by atoms with van der Waals surface area (Å²) in [5, 5.41) is 7.63. The number of carbonyl (C=O) groups excluding carboxylic acids is 3. The van der Waals surface area contributed by atoms with Crippen LogP contribution in [0.3, 0.4) is 0 Å². The van der Waals surface area contributed by atoms with Crippen molar-refractivity contribution in [3.8, 4) is 0 Å². The van der Waals surface area contributed by atoms with Crippen LogP contribution in [-0.4, -0.2) is 34.8 Å². The maximum Gasteiger partial charge on any atom is 0.325 e. The van der Waals surface area contributed by atoms with Gasteiger partial charge < -0.3 is 10.6 Å². The van der Waals surface area contributed by atoms with Crippen molar-refractivity contribution in [2.45, 2.75) is 58.0 Å². The van der Waals surface area contributed by atoms with Gasteiger partial charge in [-0.3, -0.25) is 14.5 Å². The molecule has 7 heteroatoms. The van der Waals surface area contributed by atoms with Gasteiger partial charge >= 0.3 is 6.03 Å². The molecule has 2 aliphatic rings. The monoisotopic (exact) mass is 363 g/mol. The van der Waals surface area contributed by atoms with Gasteiger partial charge in [-0.2, -0.15) is 0 Å². The van der Waals surface area contributed by atoms with Crippen LogP contribution in [0.4, 0.5) is 4.79 Å². The van der Waals surface area contributed by atoms with E-state index in [1.54, 1.807) is 11.3 Å². The average Bonchev–Trinajstić information content (AvgIpc) is 3.11. The highest BCUT2D eigenvalue weighted by Gasteiger charge is 2.52. The Morgan fingerprint density at radius 1 is 1.40 bits per heavy atom. The number of hydrogen-bond acceptors (Lipinski definition) is 4. The Balaban J connectivity index is 1.57. The Hall–Kier alpha value is -1.89. The third-order valence-electron chi connectivity index (χ3n) is 5.50. The van der Waals surface area contributed by atoms with Gasteiger partial charge in [-0.1, -0.05) is 13.3 Å². The van der Waals surface area contributed by atoms with Crippen LogP contribution in [-0.2, 0) is 16.1 Å². The summed E-state index contributed by atoms with van der Waals surface area (Å²) in [6.07, 6.45) is 4.33. The van der Waals surface area contributed by atoms with Crippen molar-refractivity contribution < 1.29 is 14.4 Å². The molecular weight excluding hydrogens is 338 g/mol. The van der Waals surface area contributed by atoms with E-state index in [1.807, 2.05) is 18.4 Å². The van der Waals surface area contributed by atoms with E-state index < -0.39 is 11.6 Å². The minimum absolute atomic E-state index is 0.214. The van der Waals surface area contributed by atoms with Crippen molar-refractivity contribution in [1.29, 1.82) is 0 Å². The van der Waals surface area contributed by atoms with Crippen LogP contribution in [0.2, 0.25) is 0 Å². The molecule has 1 aliphatic heterocycles. The fourth-order valence-electron chi connectivity index (χ4n) is 3.70. The molecule has 1 aromatic rings. The molecule has 2 fully saturated rings. The summed E-state index contributed by atoms with van der Waals surface area (Å²) in [4.78, 5) is 39.4. The number of imide groups is 1. The van der Waals surface area contributed by atoms with Crippen molar-refractivity contribution in [3.63, 3.8) is 0 Å². The fourth-order valence-corrected chi connectivity index (χ4v) is 4.55. The Morgan fingerprint density at radius 3 is 2.72 bits per heavy atom. The maximum atomic E-state index is 12.8. The molecule has 1 saturated carbocycles. The highest BCUT2D eigenvalue weighted by molar-refractivity contribution is 7.10.